The molecule has 0 aliphatic carbocycles. The third-order valence-electron chi connectivity index (χ3n) is 8.34. The van der Waals surface area contributed by atoms with Gasteiger partial charge in [0.05, 0.1) is 38.1 Å². The van der Waals surface area contributed by atoms with Gasteiger partial charge in [0.25, 0.3) is 0 Å². The summed E-state index contributed by atoms with van der Waals surface area (Å²) in [6.45, 7) is 10.5. The smallest absolute Gasteiger partial charge is 0.309 e. The third-order valence-corrected chi connectivity index (χ3v) is 8.87. The van der Waals surface area contributed by atoms with Crippen molar-refractivity contribution in [1.29, 1.82) is 0 Å². The van der Waals surface area contributed by atoms with Gasteiger partial charge in [-0.2, -0.15) is 0 Å². The van der Waals surface area contributed by atoms with Crippen molar-refractivity contribution < 1.29 is 48.5 Å². The van der Waals surface area contributed by atoms with Gasteiger partial charge < -0.3 is 30.3 Å². The molecule has 0 aliphatic heterocycles. The molecule has 4 N–H and O–H groups in total. The Hall–Kier alpha value is -3.94. The van der Waals surface area contributed by atoms with Gasteiger partial charge in [0.2, 0.25) is 11.8 Å². The molecule has 0 unspecified atom stereocenters. The van der Waals surface area contributed by atoms with Crippen molar-refractivity contribution in [2.75, 3.05) is 14.2 Å². The van der Waals surface area contributed by atoms with Gasteiger partial charge in [0, 0.05) is 31.2 Å². The average Bonchev–Trinajstić information content (AvgIpc) is 3.09. The average molecular weight is 822 g/mol. The van der Waals surface area contributed by atoms with Gasteiger partial charge in [0.15, 0.2) is 11.6 Å². The number of esters is 2. The number of hydrogen-bond acceptors (Lipinski definition) is 10. The molecule has 12 nitrogen and oxygen atoms in total. The molecule has 0 radical (unpaired) electrons. The van der Waals surface area contributed by atoms with E-state index in [0.29, 0.717) is 25.7 Å². The molecule has 0 bridgehead atoms. The molecule has 54 heavy (non-hydrogen) atoms. The number of carbonyl (C=O) groups excluding carboxylic acids is 6. The van der Waals surface area contributed by atoms with Crippen molar-refractivity contribution in [1.82, 2.24) is 10.6 Å². The lowest BCUT2D eigenvalue weighted by Gasteiger charge is -2.24. The van der Waals surface area contributed by atoms with Gasteiger partial charge in [0.1, 0.15) is 12.2 Å². The van der Waals surface area contributed by atoms with Gasteiger partial charge in [-0.15, -0.1) is 0 Å². The summed E-state index contributed by atoms with van der Waals surface area (Å²) in [6.07, 6.45) is -1.43. The van der Waals surface area contributed by atoms with E-state index in [1.165, 1.54) is 28.1 Å². The van der Waals surface area contributed by atoms with E-state index < -0.39 is 59.6 Å². The first-order valence-electron chi connectivity index (χ1n) is 17.8. The van der Waals surface area contributed by atoms with Crippen LogP contribution < -0.4 is 10.6 Å². The fourth-order valence-corrected chi connectivity index (χ4v) is 6.19. The van der Waals surface area contributed by atoms with Crippen molar-refractivity contribution in [3.8, 4) is 0 Å². The lowest BCUT2D eigenvalue weighted by molar-refractivity contribution is -0.149. The topological polar surface area (TPSA) is 185 Å². The van der Waals surface area contributed by atoms with E-state index in [2.05, 4.69) is 26.6 Å². The Kier molecular flexibility index (Phi) is 24.1. The number of benzene rings is 2. The highest BCUT2D eigenvalue weighted by molar-refractivity contribution is 9.10. The molecule has 0 heterocycles. The number of aliphatic hydroxyl groups excluding tert-OH is 2. The summed E-state index contributed by atoms with van der Waals surface area (Å²) in [6, 6.07) is 15.2. The van der Waals surface area contributed by atoms with Crippen LogP contribution in [0.4, 0.5) is 0 Å². The Morgan fingerprint density at radius 2 is 0.981 bits per heavy atom. The van der Waals surface area contributed by atoms with Gasteiger partial charge in [-0.25, -0.2) is 0 Å². The van der Waals surface area contributed by atoms with Gasteiger partial charge in [-0.05, 0) is 60.8 Å². The first-order chi connectivity index (χ1) is 24.9. The van der Waals surface area contributed by atoms with Crippen LogP contribution in [0.3, 0.4) is 0 Å². The number of nitrogens with one attached hydrogen (secondary N) is 2. The standard InChI is InChI=1S/C20H28BrNO5.C20H29NO5.CH4/c1-12(2)9-15(20(26)27-4)11-18(24)19(25)17(22-13(3)23)10-14-5-7-16(21)8-6-14;1-13(2)10-16(20(25)26-4)12-18(23)19(24)17(21-14(3)22)11-15-8-6-5-7-9-15;/h5-8,12,15,17,19,25H,9-11H2,1-4H3,(H,22,23);5-9,13,16-17,19,24H,10-12H2,1-4H3,(H,21,22);1H4/t15-,17-,19+;16-,17-,19+;/m11./s1. The lowest BCUT2D eigenvalue weighted by atomic mass is 9.88. The first kappa shape index (κ1) is 50.1. The maximum absolute atomic E-state index is 12.6. The number of halogens is 1. The Labute approximate surface area is 329 Å². The van der Waals surface area contributed by atoms with Crippen molar-refractivity contribution in [3.63, 3.8) is 0 Å². The Bertz CT molecular complexity index is 1470. The van der Waals surface area contributed by atoms with E-state index in [1.54, 1.807) is 0 Å². The Balaban J connectivity index is 0.00000102. The predicted octanol–water partition coefficient (Wildman–Crippen LogP) is 5.18. The summed E-state index contributed by atoms with van der Waals surface area (Å²) in [5.74, 6) is -3.35. The van der Waals surface area contributed by atoms with Crippen molar-refractivity contribution in [2.45, 2.75) is 112 Å². The molecule has 2 rings (SSSR count). The van der Waals surface area contributed by atoms with E-state index in [1.807, 2.05) is 82.3 Å². The fourth-order valence-electron chi connectivity index (χ4n) is 5.92. The number of ether oxygens (including phenoxy) is 2. The number of ketones is 2. The molecule has 2 amide bonds. The lowest BCUT2D eigenvalue weighted by Crippen LogP contribution is -2.48. The number of carbonyl (C=O) groups is 6. The molecule has 0 saturated heterocycles. The number of amides is 2. The van der Waals surface area contributed by atoms with Crippen molar-refractivity contribution in [2.24, 2.45) is 23.7 Å². The zero-order valence-corrected chi connectivity index (χ0v) is 33.7. The highest BCUT2D eigenvalue weighted by atomic mass is 79.9. The summed E-state index contributed by atoms with van der Waals surface area (Å²) in [4.78, 5) is 72.0. The Morgan fingerprint density at radius 1 is 0.630 bits per heavy atom. The van der Waals surface area contributed by atoms with Gasteiger partial charge in [-0.3, -0.25) is 28.8 Å². The van der Waals surface area contributed by atoms with Crippen LogP contribution in [0.1, 0.15) is 85.8 Å². The molecule has 2 aromatic carbocycles. The number of hydrogen-bond donors (Lipinski definition) is 4. The van der Waals surface area contributed by atoms with Crippen molar-refractivity contribution >= 4 is 51.2 Å². The molecule has 0 aliphatic rings. The van der Waals surface area contributed by atoms with E-state index >= 15 is 0 Å². The Morgan fingerprint density at radius 3 is 1.30 bits per heavy atom. The van der Waals surface area contributed by atoms with Crippen LogP contribution in [0.5, 0.6) is 0 Å². The molecule has 0 aromatic heterocycles. The molecule has 0 saturated carbocycles. The second-order valence-corrected chi connectivity index (χ2v) is 15.0. The highest BCUT2D eigenvalue weighted by Gasteiger charge is 2.33. The second-order valence-electron chi connectivity index (χ2n) is 14.1. The first-order valence-corrected chi connectivity index (χ1v) is 18.6. The minimum absolute atomic E-state index is 0. The number of Topliss-reactive ketones (excluding diaryl/α,β-unsaturated/α-hetero) is 2. The third kappa shape index (κ3) is 19.4. The van der Waals surface area contributed by atoms with E-state index in [9.17, 15) is 39.0 Å². The monoisotopic (exact) mass is 820 g/mol. The van der Waals surface area contributed by atoms with Crippen LogP contribution >= 0.6 is 15.9 Å². The molecular weight excluding hydrogens is 760 g/mol. The largest absolute Gasteiger partial charge is 0.469 e. The predicted molar refractivity (Wildman–Crippen MR) is 211 cm³/mol. The molecule has 302 valence electrons. The van der Waals surface area contributed by atoms with Crippen molar-refractivity contribution in [3.05, 3.63) is 70.2 Å². The minimum Gasteiger partial charge on any atom is -0.469 e. The maximum Gasteiger partial charge on any atom is 0.309 e. The minimum atomic E-state index is -1.41. The van der Waals surface area contributed by atoms with Crippen LogP contribution in [0.2, 0.25) is 0 Å². The van der Waals surface area contributed by atoms with Gasteiger partial charge in [-0.1, -0.05) is 93.5 Å². The van der Waals surface area contributed by atoms with Crippen LogP contribution in [-0.4, -0.2) is 84.0 Å². The fraction of sp³-hybridized carbons (Fsp3) is 0.561. The van der Waals surface area contributed by atoms with Crippen LogP contribution in [0, 0.1) is 23.7 Å². The normalized spacial score (nSPS) is 14.1. The molecule has 0 spiro atoms. The number of rotatable bonds is 20. The number of methoxy groups -OCH3 is 2. The highest BCUT2D eigenvalue weighted by Crippen LogP contribution is 2.21. The molecule has 6 atom stereocenters. The summed E-state index contributed by atoms with van der Waals surface area (Å²) in [5.41, 5.74) is 1.76. The summed E-state index contributed by atoms with van der Waals surface area (Å²) >= 11 is 3.35. The second kappa shape index (κ2) is 26.0. The summed E-state index contributed by atoms with van der Waals surface area (Å²) in [5, 5.41) is 26.3. The molecular formula is C41H61BrN2O10. The summed E-state index contributed by atoms with van der Waals surface area (Å²) < 4.78 is 10.5. The van der Waals surface area contributed by atoms with Gasteiger partial charge >= 0.3 is 11.9 Å². The van der Waals surface area contributed by atoms with E-state index in [-0.39, 0.29) is 43.9 Å². The van der Waals surface area contributed by atoms with Crippen LogP contribution in [-0.2, 0) is 51.1 Å². The molecule has 13 heteroatoms. The maximum atomic E-state index is 12.6. The van der Waals surface area contributed by atoms with Crippen LogP contribution in [0.25, 0.3) is 0 Å². The number of aliphatic hydroxyl groups is 2. The molecule has 0 fully saturated rings. The quantitative estimate of drug-likeness (QED) is 0.130. The van der Waals surface area contributed by atoms with E-state index in [4.69, 9.17) is 9.47 Å². The summed E-state index contributed by atoms with van der Waals surface area (Å²) in [7, 11) is 2.57. The van der Waals surface area contributed by atoms with Crippen LogP contribution in [0.15, 0.2) is 59.1 Å². The van der Waals surface area contributed by atoms with E-state index in [0.717, 1.165) is 15.6 Å². The zero-order chi connectivity index (χ0) is 40.2. The zero-order valence-electron chi connectivity index (χ0n) is 32.1. The SMILES string of the molecule is C.COC(=O)[C@@H](CC(=O)[C@@H](O)[C@@H](Cc1ccc(Br)cc1)NC(C)=O)CC(C)C.COC(=O)[C@@H](CC(=O)[C@@H](O)[C@@H](Cc1ccccc1)NC(C)=O)CC(C)C. The molecule has 2 aromatic rings.